The molecule has 0 saturated carbocycles. The number of aromatic nitrogens is 5. The summed E-state index contributed by atoms with van der Waals surface area (Å²) in [5, 5.41) is 14.5. The van der Waals surface area contributed by atoms with E-state index < -0.39 is 18.1 Å². The summed E-state index contributed by atoms with van der Waals surface area (Å²) >= 11 is 13.5. The molecule has 9 nitrogen and oxygen atoms in total. The summed E-state index contributed by atoms with van der Waals surface area (Å²) < 4.78 is 44.1. The molecule has 2 saturated heterocycles. The molecule has 0 spiro atoms. The van der Waals surface area contributed by atoms with Crippen LogP contribution in [0, 0.1) is 12.7 Å². The van der Waals surface area contributed by atoms with Crippen molar-refractivity contribution in [3.63, 3.8) is 0 Å². The molecule has 5 aromatic rings. The summed E-state index contributed by atoms with van der Waals surface area (Å²) in [4.78, 5) is 23.2. The van der Waals surface area contributed by atoms with Gasteiger partial charge in [0.25, 0.3) is 6.43 Å². The summed E-state index contributed by atoms with van der Waals surface area (Å²) in [5.74, 6) is -0.374. The SMILES string of the molecule is Cc1c(Cl)cc2[nH]ncc2c1-c1c(Cl)cc2c(nc(N3CC(N(C)C)C3)c3cnn(C4CCN(C(=O)/C=C/C(F)F)CC4)c32)c1F. The van der Waals surface area contributed by atoms with Crippen molar-refractivity contribution >= 4 is 67.6 Å². The number of piperidine rings is 1. The third kappa shape index (κ3) is 5.07. The van der Waals surface area contributed by atoms with E-state index in [0.717, 1.165) is 24.6 Å². The molecule has 0 unspecified atom stereocenters. The molecule has 2 aliphatic rings. The maximum atomic E-state index is 17.0. The van der Waals surface area contributed by atoms with E-state index in [0.29, 0.717) is 81.8 Å². The quantitative estimate of drug-likeness (QED) is 0.205. The van der Waals surface area contributed by atoms with Gasteiger partial charge in [0.05, 0.1) is 39.9 Å². The predicted octanol–water partition coefficient (Wildman–Crippen LogP) is 6.62. The second kappa shape index (κ2) is 11.7. The van der Waals surface area contributed by atoms with Crippen molar-refractivity contribution in [2.24, 2.45) is 0 Å². The van der Waals surface area contributed by atoms with Crippen LogP contribution in [0.4, 0.5) is 19.0 Å². The molecule has 0 atom stereocenters. The van der Waals surface area contributed by atoms with Crippen molar-refractivity contribution < 1.29 is 18.0 Å². The highest BCUT2D eigenvalue weighted by molar-refractivity contribution is 6.36. The largest absolute Gasteiger partial charge is 0.353 e. The number of amides is 1. The van der Waals surface area contributed by atoms with Gasteiger partial charge in [-0.1, -0.05) is 23.2 Å². The van der Waals surface area contributed by atoms with Gasteiger partial charge in [0.2, 0.25) is 5.91 Å². The van der Waals surface area contributed by atoms with Gasteiger partial charge < -0.3 is 14.7 Å². The molecule has 2 fully saturated rings. The highest BCUT2D eigenvalue weighted by Crippen LogP contribution is 2.45. The first kappa shape index (κ1) is 30.8. The lowest BCUT2D eigenvalue weighted by molar-refractivity contribution is -0.127. The molecule has 2 aromatic carbocycles. The number of likely N-dealkylation sites (tertiary alicyclic amines) is 1. The van der Waals surface area contributed by atoms with Gasteiger partial charge in [-0.05, 0) is 57.6 Å². The van der Waals surface area contributed by atoms with Crippen LogP contribution < -0.4 is 4.90 Å². The summed E-state index contributed by atoms with van der Waals surface area (Å²) in [6.07, 6.45) is 3.33. The Kier molecular flexibility index (Phi) is 7.85. The van der Waals surface area contributed by atoms with Crippen LogP contribution in [0.15, 0.2) is 36.7 Å². The fraction of sp³-hybridized carbons (Fsp3) is 0.375. The number of anilines is 1. The molecule has 1 amide bonds. The molecule has 3 aromatic heterocycles. The van der Waals surface area contributed by atoms with Crippen LogP contribution in [0.5, 0.6) is 0 Å². The van der Waals surface area contributed by atoms with E-state index >= 15 is 4.39 Å². The smallest absolute Gasteiger partial charge is 0.257 e. The van der Waals surface area contributed by atoms with Crippen molar-refractivity contribution in [2.75, 3.05) is 45.2 Å². The zero-order valence-corrected chi connectivity index (χ0v) is 26.9. The van der Waals surface area contributed by atoms with E-state index in [1.807, 2.05) is 25.7 Å². The lowest BCUT2D eigenvalue weighted by atomic mass is 9.94. The van der Waals surface area contributed by atoms with Crippen LogP contribution in [0.3, 0.4) is 0 Å². The first-order valence-corrected chi connectivity index (χ1v) is 15.8. The van der Waals surface area contributed by atoms with Crippen molar-refractivity contribution in [3.8, 4) is 11.1 Å². The minimum atomic E-state index is -2.69. The third-order valence-electron chi connectivity index (χ3n) is 9.29. The average Bonchev–Trinajstić information content (AvgIpc) is 3.65. The van der Waals surface area contributed by atoms with Crippen LogP contribution in [0.2, 0.25) is 10.0 Å². The van der Waals surface area contributed by atoms with Gasteiger partial charge >= 0.3 is 0 Å². The van der Waals surface area contributed by atoms with E-state index in [9.17, 15) is 13.6 Å². The van der Waals surface area contributed by atoms with E-state index in [1.54, 1.807) is 29.4 Å². The van der Waals surface area contributed by atoms with Crippen molar-refractivity contribution in [2.45, 2.75) is 38.3 Å². The van der Waals surface area contributed by atoms with Crippen molar-refractivity contribution in [1.29, 1.82) is 0 Å². The number of aromatic amines is 1. The number of H-pyrrole nitrogens is 1. The maximum Gasteiger partial charge on any atom is 0.257 e. The normalized spacial score (nSPS) is 16.7. The van der Waals surface area contributed by atoms with E-state index in [4.69, 9.17) is 33.3 Å². The number of likely N-dealkylation sites (N-methyl/N-ethyl adjacent to an activating group) is 1. The third-order valence-corrected chi connectivity index (χ3v) is 9.98. The predicted molar refractivity (Wildman–Crippen MR) is 175 cm³/mol. The summed E-state index contributed by atoms with van der Waals surface area (Å²) in [7, 11) is 4.06. The first-order chi connectivity index (χ1) is 22.0. The summed E-state index contributed by atoms with van der Waals surface area (Å²) in [6, 6.07) is 3.71. The zero-order chi connectivity index (χ0) is 32.4. The molecule has 0 radical (unpaired) electrons. The Balaban J connectivity index is 1.37. The number of pyridine rings is 1. The molecule has 46 heavy (non-hydrogen) atoms. The number of carbonyl (C=O) groups is 1. The molecule has 14 heteroatoms. The number of hydrogen-bond donors (Lipinski definition) is 1. The van der Waals surface area contributed by atoms with Crippen molar-refractivity contribution in [3.05, 3.63) is 58.1 Å². The average molecular weight is 672 g/mol. The number of allylic oxidation sites excluding steroid dienone is 1. The molecule has 240 valence electrons. The van der Waals surface area contributed by atoms with Crippen LogP contribution >= 0.6 is 23.2 Å². The molecule has 0 bridgehead atoms. The Hall–Kier alpha value is -3.87. The number of hydrogen-bond acceptors (Lipinski definition) is 6. The van der Waals surface area contributed by atoms with E-state index in [-0.39, 0.29) is 22.1 Å². The van der Waals surface area contributed by atoms with Gasteiger partial charge in [0.1, 0.15) is 11.3 Å². The number of rotatable bonds is 6. The number of benzene rings is 2. The van der Waals surface area contributed by atoms with Gasteiger partial charge in [-0.25, -0.2) is 18.2 Å². The molecule has 0 aliphatic carbocycles. The minimum Gasteiger partial charge on any atom is -0.353 e. The number of halogens is 5. The van der Waals surface area contributed by atoms with Crippen LogP contribution in [-0.2, 0) is 4.79 Å². The highest BCUT2D eigenvalue weighted by Gasteiger charge is 2.34. The maximum absolute atomic E-state index is 17.0. The number of carbonyl (C=O) groups excluding carboxylic acids is 1. The number of fused-ring (bicyclic) bond motifs is 4. The standard InChI is InChI=1S/C32H31Cl2F3N8O/c1-16-22(33)11-24-20(12-38-41-24)27(16)28-23(34)10-19-30(29(28)37)40-32(44-14-18(15-44)42(2)3)21-13-39-45(31(19)21)17-6-8-43(9-7-17)26(46)5-4-25(35)36/h4-5,10-13,17-18,25H,6-9,14-15H2,1-3H3,(H,38,41)/b5-4+. The molecule has 1 N–H and O–H groups in total. The van der Waals surface area contributed by atoms with Crippen LogP contribution in [0.25, 0.3) is 43.8 Å². The molecular weight excluding hydrogens is 640 g/mol. The Morgan fingerprint density at radius 2 is 1.80 bits per heavy atom. The van der Waals surface area contributed by atoms with E-state index in [2.05, 4.69) is 20.0 Å². The van der Waals surface area contributed by atoms with Gasteiger partial charge in [-0.2, -0.15) is 10.2 Å². The molecule has 2 aliphatic heterocycles. The van der Waals surface area contributed by atoms with Gasteiger partial charge in [0, 0.05) is 65.2 Å². The Morgan fingerprint density at radius 3 is 2.50 bits per heavy atom. The monoisotopic (exact) mass is 670 g/mol. The van der Waals surface area contributed by atoms with Crippen LogP contribution in [0.1, 0.15) is 24.4 Å². The molecule has 5 heterocycles. The number of alkyl halides is 2. The number of nitrogens with one attached hydrogen (secondary N) is 1. The lowest BCUT2D eigenvalue weighted by Gasteiger charge is -2.43. The van der Waals surface area contributed by atoms with Gasteiger partial charge in [-0.15, -0.1) is 0 Å². The summed E-state index contributed by atoms with van der Waals surface area (Å²) in [5.41, 5.74) is 2.95. The van der Waals surface area contributed by atoms with E-state index in [1.165, 1.54) is 0 Å². The second-order valence-electron chi connectivity index (χ2n) is 12.2. The Bertz CT molecular complexity index is 2030. The Morgan fingerprint density at radius 1 is 1.07 bits per heavy atom. The first-order valence-electron chi connectivity index (χ1n) is 15.0. The minimum absolute atomic E-state index is 0.118. The molecular formula is C32H31Cl2F3N8O. The lowest BCUT2D eigenvalue weighted by Crippen LogP contribution is -2.57. The fourth-order valence-electron chi connectivity index (χ4n) is 6.64. The van der Waals surface area contributed by atoms with Gasteiger partial charge in [0.15, 0.2) is 5.82 Å². The van der Waals surface area contributed by atoms with Gasteiger partial charge in [-0.3, -0.25) is 14.6 Å². The number of nitrogens with zero attached hydrogens (tertiary/aromatic N) is 7. The van der Waals surface area contributed by atoms with Crippen LogP contribution in [-0.4, -0.2) is 93.4 Å². The second-order valence-corrected chi connectivity index (χ2v) is 13.0. The summed E-state index contributed by atoms with van der Waals surface area (Å²) in [6.45, 7) is 4.02. The van der Waals surface area contributed by atoms with Crippen molar-refractivity contribution in [1.82, 2.24) is 34.8 Å². The molecule has 7 rings (SSSR count). The highest BCUT2D eigenvalue weighted by atomic mass is 35.5. The topological polar surface area (TPSA) is 86.2 Å². The fourth-order valence-corrected chi connectivity index (χ4v) is 7.13. The Labute approximate surface area is 272 Å². The zero-order valence-electron chi connectivity index (χ0n) is 25.4.